The van der Waals surface area contributed by atoms with E-state index in [1.54, 1.807) is 13.0 Å². The highest BCUT2D eigenvalue weighted by atomic mass is 35.5. The summed E-state index contributed by atoms with van der Waals surface area (Å²) in [7, 11) is -2.50. The van der Waals surface area contributed by atoms with E-state index in [1.807, 2.05) is 6.92 Å². The highest BCUT2D eigenvalue weighted by Crippen LogP contribution is 2.31. The topological polar surface area (TPSA) is 128 Å². The lowest BCUT2D eigenvalue weighted by Gasteiger charge is -2.33. The molecule has 1 aliphatic heterocycles. The van der Waals surface area contributed by atoms with Gasteiger partial charge in [-0.2, -0.15) is 17.5 Å². The van der Waals surface area contributed by atoms with Crippen molar-refractivity contribution in [2.45, 2.75) is 43.5 Å². The van der Waals surface area contributed by atoms with Gasteiger partial charge in [-0.1, -0.05) is 18.5 Å². The molecule has 3 amide bonds. The molecule has 0 aromatic heterocycles. The van der Waals surface area contributed by atoms with Crippen LogP contribution in [0.4, 0.5) is 29.3 Å². The number of halogens is 4. The molecular weight excluding hydrogens is 649 g/mol. The van der Waals surface area contributed by atoms with Crippen LogP contribution in [0.2, 0.25) is 5.02 Å². The van der Waals surface area contributed by atoms with Crippen LogP contribution in [0.15, 0.2) is 71.6 Å². The fraction of sp³-hybridized carbons (Fsp3) is 0.355. The van der Waals surface area contributed by atoms with Gasteiger partial charge in [-0.15, -0.1) is 0 Å². The quantitative estimate of drug-likeness (QED) is 0.289. The molecule has 3 aromatic carbocycles. The minimum absolute atomic E-state index is 0.0477. The van der Waals surface area contributed by atoms with Crippen LogP contribution in [0, 0.1) is 5.92 Å². The molecule has 0 bridgehead atoms. The number of rotatable bonds is 8. The summed E-state index contributed by atoms with van der Waals surface area (Å²) in [5.74, 6) is -0.388. The van der Waals surface area contributed by atoms with Crippen molar-refractivity contribution in [2.24, 2.45) is 5.92 Å². The van der Waals surface area contributed by atoms with Gasteiger partial charge in [0.1, 0.15) is 11.9 Å². The van der Waals surface area contributed by atoms with E-state index < -0.39 is 39.9 Å². The van der Waals surface area contributed by atoms with E-state index >= 15 is 0 Å². The summed E-state index contributed by atoms with van der Waals surface area (Å²) in [5.41, 5.74) is -0.0519. The number of urea groups is 1. The number of benzene rings is 3. The highest BCUT2D eigenvalue weighted by Gasteiger charge is 2.34. The number of nitrogens with zero attached hydrogens (tertiary/aromatic N) is 2. The lowest BCUT2D eigenvalue weighted by Crippen LogP contribution is -2.48. The predicted octanol–water partition coefficient (Wildman–Crippen LogP) is 5.47. The Morgan fingerprint density at radius 1 is 1.09 bits per heavy atom. The molecule has 0 aliphatic carbocycles. The number of anilines is 2. The number of sulfonamides is 1. The second-order valence-electron chi connectivity index (χ2n) is 11.1. The minimum Gasteiger partial charge on any atom is -0.488 e. The number of likely N-dealkylation sites (N-methyl/N-ethyl adjacent to an activating group) is 1. The van der Waals surface area contributed by atoms with Crippen molar-refractivity contribution >= 4 is 44.9 Å². The number of ether oxygens (including phenoxy) is 1. The maximum absolute atomic E-state index is 13.5. The van der Waals surface area contributed by atoms with Crippen LogP contribution in [0.5, 0.6) is 5.75 Å². The van der Waals surface area contributed by atoms with Crippen molar-refractivity contribution < 1.29 is 41.0 Å². The van der Waals surface area contributed by atoms with Gasteiger partial charge >= 0.3 is 12.2 Å². The van der Waals surface area contributed by atoms with E-state index in [1.165, 1.54) is 48.3 Å². The van der Waals surface area contributed by atoms with E-state index in [0.29, 0.717) is 16.3 Å². The Labute approximate surface area is 270 Å². The summed E-state index contributed by atoms with van der Waals surface area (Å²) >= 11 is 5.93. The van der Waals surface area contributed by atoms with Crippen LogP contribution in [-0.4, -0.2) is 73.6 Å². The second kappa shape index (κ2) is 14.3. The summed E-state index contributed by atoms with van der Waals surface area (Å²) in [6.45, 7) is 3.32. The average molecular weight is 683 g/mol. The largest absolute Gasteiger partial charge is 0.488 e. The number of fused-ring (bicyclic) bond motifs is 1. The summed E-state index contributed by atoms with van der Waals surface area (Å²) in [6.07, 6.45) is -5.39. The lowest BCUT2D eigenvalue weighted by atomic mass is 10.0. The molecule has 1 aliphatic rings. The number of carbonyl (C=O) groups is 2. The Morgan fingerprint density at radius 3 is 2.30 bits per heavy atom. The van der Waals surface area contributed by atoms with Gasteiger partial charge in [0.05, 0.1) is 36.1 Å². The summed E-state index contributed by atoms with van der Waals surface area (Å²) in [6, 6.07) is 13.1. The number of amides is 3. The molecule has 4 rings (SSSR count). The number of carbonyl (C=O) groups excluding carboxylic acids is 2. The molecule has 0 saturated carbocycles. The summed E-state index contributed by atoms with van der Waals surface area (Å²) in [5, 5.41) is 15.3. The molecule has 3 N–H and O–H groups in total. The Balaban J connectivity index is 1.58. The molecule has 15 heteroatoms. The van der Waals surface area contributed by atoms with Crippen molar-refractivity contribution in [1.29, 1.82) is 0 Å². The molecule has 0 saturated heterocycles. The van der Waals surface area contributed by atoms with E-state index in [9.17, 15) is 36.3 Å². The average Bonchev–Trinajstić information content (AvgIpc) is 3.04. The zero-order valence-electron chi connectivity index (χ0n) is 25.2. The van der Waals surface area contributed by atoms with Gasteiger partial charge in [0.25, 0.3) is 0 Å². The van der Waals surface area contributed by atoms with E-state index in [4.69, 9.17) is 16.3 Å². The number of aliphatic hydroxyl groups is 1. The van der Waals surface area contributed by atoms with E-state index in [-0.39, 0.29) is 54.2 Å². The van der Waals surface area contributed by atoms with Crippen molar-refractivity contribution in [3.05, 3.63) is 82.9 Å². The Kier molecular flexibility index (Phi) is 10.9. The van der Waals surface area contributed by atoms with Gasteiger partial charge in [-0.25, -0.2) is 13.2 Å². The first-order valence-electron chi connectivity index (χ1n) is 14.3. The number of alkyl halides is 3. The Bertz CT molecular complexity index is 1660. The minimum atomic E-state index is -4.51. The SMILES string of the molecule is C[C@@H]1CN([C@H](C)CO)C(=O)Cc2cc(NC(=O)Nc3ccc(C(F)(F)F)cc3)ccc2O[C@H]1CN(C)S(=O)(=O)c1ccc(Cl)cc1. The highest BCUT2D eigenvalue weighted by molar-refractivity contribution is 7.89. The molecular formula is C31H34ClF3N4O6S. The van der Waals surface area contributed by atoms with Gasteiger partial charge in [0, 0.05) is 41.5 Å². The standard InChI is InChI=1S/C31H34ClF3N4O6S/c1-19-16-39(20(2)18-40)29(41)15-21-14-25(37-30(42)36-24-8-4-22(5-9-24)31(33,34)35)10-13-27(21)45-28(19)17-38(3)46(43,44)26-11-6-23(32)7-12-26/h4-14,19-20,28,40H,15-18H2,1-3H3,(H2,36,37,42)/t19-,20-,28+/m1/s1. The van der Waals surface area contributed by atoms with Gasteiger partial charge < -0.3 is 25.4 Å². The molecule has 0 radical (unpaired) electrons. The third-order valence-corrected chi connectivity index (χ3v) is 9.69. The second-order valence-corrected chi connectivity index (χ2v) is 13.6. The van der Waals surface area contributed by atoms with E-state index in [0.717, 1.165) is 28.6 Å². The normalized spacial score (nSPS) is 18.1. The molecule has 0 unspecified atom stereocenters. The summed E-state index contributed by atoms with van der Waals surface area (Å²) < 4.78 is 72.8. The van der Waals surface area contributed by atoms with Crippen LogP contribution >= 0.6 is 11.6 Å². The van der Waals surface area contributed by atoms with Gasteiger partial charge in [0.2, 0.25) is 15.9 Å². The van der Waals surface area contributed by atoms with Gasteiger partial charge in [-0.3, -0.25) is 4.79 Å². The van der Waals surface area contributed by atoms with Gasteiger partial charge in [0.15, 0.2) is 0 Å². The molecule has 1 heterocycles. The fourth-order valence-corrected chi connectivity index (χ4v) is 6.21. The Morgan fingerprint density at radius 2 is 1.70 bits per heavy atom. The molecule has 3 aromatic rings. The van der Waals surface area contributed by atoms with Crippen LogP contribution < -0.4 is 15.4 Å². The van der Waals surface area contributed by atoms with E-state index in [2.05, 4.69) is 10.6 Å². The first-order valence-corrected chi connectivity index (χ1v) is 16.1. The molecule has 0 spiro atoms. The van der Waals surface area contributed by atoms with Crippen molar-refractivity contribution in [2.75, 3.05) is 37.4 Å². The number of hydrogen-bond donors (Lipinski definition) is 3. The van der Waals surface area contributed by atoms with Crippen molar-refractivity contribution in [3.63, 3.8) is 0 Å². The molecule has 248 valence electrons. The van der Waals surface area contributed by atoms with Crippen molar-refractivity contribution in [3.8, 4) is 5.75 Å². The first kappa shape index (κ1) is 35.0. The molecule has 46 heavy (non-hydrogen) atoms. The lowest BCUT2D eigenvalue weighted by molar-refractivity contribution is -0.137. The van der Waals surface area contributed by atoms with Crippen molar-refractivity contribution in [1.82, 2.24) is 9.21 Å². The smallest absolute Gasteiger partial charge is 0.416 e. The van der Waals surface area contributed by atoms with Crippen LogP contribution in [-0.2, 0) is 27.4 Å². The summed E-state index contributed by atoms with van der Waals surface area (Å²) in [4.78, 5) is 27.7. The third kappa shape index (κ3) is 8.49. The van der Waals surface area contributed by atoms with Crippen LogP contribution in [0.3, 0.4) is 0 Å². The predicted molar refractivity (Wildman–Crippen MR) is 167 cm³/mol. The maximum atomic E-state index is 13.5. The Hall–Kier alpha value is -3.85. The number of nitrogens with one attached hydrogen (secondary N) is 2. The molecule has 0 fully saturated rings. The molecule has 10 nitrogen and oxygen atoms in total. The van der Waals surface area contributed by atoms with Crippen LogP contribution in [0.1, 0.15) is 25.0 Å². The number of hydrogen-bond acceptors (Lipinski definition) is 6. The number of aliphatic hydroxyl groups excluding tert-OH is 1. The first-order chi connectivity index (χ1) is 21.6. The fourth-order valence-electron chi connectivity index (χ4n) is 4.90. The molecule has 3 atom stereocenters. The zero-order valence-corrected chi connectivity index (χ0v) is 26.8. The monoisotopic (exact) mass is 682 g/mol. The van der Waals surface area contributed by atoms with Crippen LogP contribution in [0.25, 0.3) is 0 Å². The van der Waals surface area contributed by atoms with Gasteiger partial charge in [-0.05, 0) is 73.7 Å². The third-order valence-electron chi connectivity index (χ3n) is 7.60. The maximum Gasteiger partial charge on any atom is 0.416 e. The zero-order chi connectivity index (χ0) is 33.8.